The predicted molar refractivity (Wildman–Crippen MR) is 75.5 cm³/mol. The van der Waals surface area contributed by atoms with Crippen molar-refractivity contribution >= 4 is 0 Å². The molecule has 0 atom stereocenters. The van der Waals surface area contributed by atoms with Crippen molar-refractivity contribution in [2.75, 3.05) is 0 Å². The summed E-state index contributed by atoms with van der Waals surface area (Å²) in [4.78, 5) is 0. The molecule has 0 aromatic carbocycles. The molecule has 3 heteroatoms. The smallest absolute Gasteiger partial charge is 0.0596 e. The van der Waals surface area contributed by atoms with Crippen LogP contribution in [0, 0.1) is 12.3 Å². The Morgan fingerprint density at radius 3 is 2.44 bits per heavy atom. The Morgan fingerprint density at radius 2 is 1.89 bits per heavy atom. The topological polar surface area (TPSA) is 43.8 Å². The highest BCUT2D eigenvalue weighted by molar-refractivity contribution is 5.13. The van der Waals surface area contributed by atoms with Crippen LogP contribution in [-0.4, -0.2) is 15.3 Å². The molecule has 0 saturated heterocycles. The summed E-state index contributed by atoms with van der Waals surface area (Å²) in [6.07, 6.45) is 5.71. The molecule has 3 nitrogen and oxygen atoms in total. The number of nitrogens with two attached hydrogens (primary N) is 1. The van der Waals surface area contributed by atoms with E-state index >= 15 is 0 Å². The first-order valence-corrected chi connectivity index (χ1v) is 7.16. The van der Waals surface area contributed by atoms with Gasteiger partial charge in [0.25, 0.3) is 0 Å². The molecule has 1 saturated carbocycles. The third-order valence-corrected chi connectivity index (χ3v) is 4.42. The van der Waals surface area contributed by atoms with Gasteiger partial charge in [0.1, 0.15) is 0 Å². The van der Waals surface area contributed by atoms with E-state index in [9.17, 15) is 0 Å². The first-order chi connectivity index (χ1) is 8.34. The van der Waals surface area contributed by atoms with Crippen LogP contribution in [0.25, 0.3) is 0 Å². The maximum atomic E-state index is 6.60. The van der Waals surface area contributed by atoms with Crippen molar-refractivity contribution < 1.29 is 0 Å². The highest BCUT2D eigenvalue weighted by Gasteiger charge is 2.35. The van der Waals surface area contributed by atoms with Crippen LogP contribution < -0.4 is 5.73 Å². The van der Waals surface area contributed by atoms with Gasteiger partial charge in [-0.1, -0.05) is 13.8 Å². The van der Waals surface area contributed by atoms with Crippen LogP contribution in [0.3, 0.4) is 0 Å². The van der Waals surface area contributed by atoms with Crippen LogP contribution >= 0.6 is 0 Å². The average molecular weight is 249 g/mol. The van der Waals surface area contributed by atoms with Crippen molar-refractivity contribution in [2.45, 2.75) is 71.9 Å². The fourth-order valence-electron chi connectivity index (χ4n) is 2.98. The Morgan fingerprint density at radius 1 is 1.28 bits per heavy atom. The number of hydrogen-bond donors (Lipinski definition) is 1. The van der Waals surface area contributed by atoms with Crippen LogP contribution in [0.15, 0.2) is 6.07 Å². The zero-order valence-electron chi connectivity index (χ0n) is 12.3. The van der Waals surface area contributed by atoms with Crippen LogP contribution in [0.2, 0.25) is 0 Å². The molecule has 1 aromatic heterocycles. The Hall–Kier alpha value is -0.830. The van der Waals surface area contributed by atoms with E-state index in [0.29, 0.717) is 5.41 Å². The van der Waals surface area contributed by atoms with E-state index in [-0.39, 0.29) is 5.54 Å². The summed E-state index contributed by atoms with van der Waals surface area (Å²) in [5.74, 6) is 0. The summed E-state index contributed by atoms with van der Waals surface area (Å²) < 4.78 is 2.10. The van der Waals surface area contributed by atoms with E-state index in [0.717, 1.165) is 31.5 Å². The monoisotopic (exact) mass is 249 g/mol. The van der Waals surface area contributed by atoms with E-state index in [1.807, 2.05) is 0 Å². The highest BCUT2D eigenvalue weighted by atomic mass is 15.3. The lowest BCUT2D eigenvalue weighted by atomic mass is 9.68. The normalized spacial score (nSPS) is 22.1. The van der Waals surface area contributed by atoms with Crippen molar-refractivity contribution in [1.82, 2.24) is 9.78 Å². The van der Waals surface area contributed by atoms with Gasteiger partial charge >= 0.3 is 0 Å². The predicted octanol–water partition coefficient (Wildman–Crippen LogP) is 3.05. The Bertz CT molecular complexity index is 407. The van der Waals surface area contributed by atoms with Crippen LogP contribution in [0.5, 0.6) is 0 Å². The van der Waals surface area contributed by atoms with E-state index in [1.54, 1.807) is 0 Å². The minimum atomic E-state index is -0.0189. The highest BCUT2D eigenvalue weighted by Crippen LogP contribution is 2.40. The molecular weight excluding hydrogens is 222 g/mol. The van der Waals surface area contributed by atoms with E-state index in [2.05, 4.69) is 43.5 Å². The molecule has 102 valence electrons. The van der Waals surface area contributed by atoms with Crippen LogP contribution in [0.4, 0.5) is 0 Å². The lowest BCUT2D eigenvalue weighted by Crippen LogP contribution is -2.47. The number of aromatic nitrogens is 2. The van der Waals surface area contributed by atoms with Gasteiger partial charge < -0.3 is 5.73 Å². The van der Waals surface area contributed by atoms with Gasteiger partial charge in [0.2, 0.25) is 0 Å². The van der Waals surface area contributed by atoms with Crippen LogP contribution in [-0.2, 0) is 13.0 Å². The standard InChI is InChI=1S/C15H27N3/c1-5-18-13(10-12(2)17-18)11-15(16)8-6-14(3,4)7-9-15/h10H,5-9,11,16H2,1-4H3. The van der Waals surface area contributed by atoms with Gasteiger partial charge in [-0.15, -0.1) is 0 Å². The second-order valence-electron chi connectivity index (χ2n) is 6.80. The van der Waals surface area contributed by atoms with E-state index in [1.165, 1.54) is 18.5 Å². The third kappa shape index (κ3) is 2.94. The number of aryl methyl sites for hydroxylation is 2. The fraction of sp³-hybridized carbons (Fsp3) is 0.800. The van der Waals surface area contributed by atoms with Gasteiger partial charge in [-0.25, -0.2) is 0 Å². The molecule has 0 bridgehead atoms. The fourth-order valence-corrected chi connectivity index (χ4v) is 2.98. The SMILES string of the molecule is CCn1nc(C)cc1CC1(N)CCC(C)(C)CC1. The number of rotatable bonds is 3. The summed E-state index contributed by atoms with van der Waals surface area (Å²) in [6.45, 7) is 9.84. The molecule has 1 fully saturated rings. The molecule has 1 aliphatic rings. The number of hydrogen-bond acceptors (Lipinski definition) is 2. The maximum absolute atomic E-state index is 6.60. The molecule has 18 heavy (non-hydrogen) atoms. The molecule has 0 aliphatic heterocycles. The molecule has 0 spiro atoms. The van der Waals surface area contributed by atoms with E-state index in [4.69, 9.17) is 5.73 Å². The molecule has 0 unspecified atom stereocenters. The van der Waals surface area contributed by atoms with Gasteiger partial charge in [-0.2, -0.15) is 5.10 Å². The number of nitrogens with zero attached hydrogens (tertiary/aromatic N) is 2. The second kappa shape index (κ2) is 4.69. The maximum Gasteiger partial charge on any atom is 0.0596 e. The molecule has 1 heterocycles. The quantitative estimate of drug-likeness (QED) is 0.894. The van der Waals surface area contributed by atoms with Gasteiger partial charge in [0.05, 0.1) is 5.69 Å². The Labute approximate surface area is 111 Å². The van der Waals surface area contributed by atoms with Crippen LogP contribution in [0.1, 0.15) is 57.8 Å². The van der Waals surface area contributed by atoms with Gasteiger partial charge in [-0.3, -0.25) is 4.68 Å². The largest absolute Gasteiger partial charge is 0.325 e. The summed E-state index contributed by atoms with van der Waals surface area (Å²) in [7, 11) is 0. The van der Waals surface area contributed by atoms with Gasteiger partial charge in [0.15, 0.2) is 0 Å². The van der Waals surface area contributed by atoms with Crippen molar-refractivity contribution in [1.29, 1.82) is 0 Å². The van der Waals surface area contributed by atoms with Crippen molar-refractivity contribution in [3.05, 3.63) is 17.5 Å². The van der Waals surface area contributed by atoms with Crippen molar-refractivity contribution in [3.63, 3.8) is 0 Å². The van der Waals surface area contributed by atoms with Crippen molar-refractivity contribution in [3.8, 4) is 0 Å². The molecular formula is C15H27N3. The summed E-state index contributed by atoms with van der Waals surface area (Å²) in [5.41, 5.74) is 9.47. The zero-order chi connectivity index (χ0) is 13.4. The first kappa shape index (κ1) is 13.6. The summed E-state index contributed by atoms with van der Waals surface area (Å²) in [5, 5.41) is 4.52. The molecule has 2 N–H and O–H groups in total. The minimum Gasteiger partial charge on any atom is -0.325 e. The second-order valence-corrected chi connectivity index (χ2v) is 6.80. The van der Waals surface area contributed by atoms with Crippen molar-refractivity contribution in [2.24, 2.45) is 11.1 Å². The first-order valence-electron chi connectivity index (χ1n) is 7.16. The third-order valence-electron chi connectivity index (χ3n) is 4.42. The summed E-state index contributed by atoms with van der Waals surface area (Å²) >= 11 is 0. The average Bonchev–Trinajstić information content (AvgIpc) is 2.64. The molecule has 1 aromatic rings. The molecule has 0 radical (unpaired) electrons. The summed E-state index contributed by atoms with van der Waals surface area (Å²) in [6, 6.07) is 2.19. The lowest BCUT2D eigenvalue weighted by Gasteiger charge is -2.41. The molecule has 0 amide bonds. The van der Waals surface area contributed by atoms with E-state index < -0.39 is 0 Å². The molecule has 1 aliphatic carbocycles. The minimum absolute atomic E-state index is 0.0189. The molecule has 2 rings (SSSR count). The lowest BCUT2D eigenvalue weighted by molar-refractivity contribution is 0.163. The Kier molecular flexibility index (Phi) is 3.54. The zero-order valence-corrected chi connectivity index (χ0v) is 12.3. The Balaban J connectivity index is 2.09. The van der Waals surface area contributed by atoms with Gasteiger partial charge in [-0.05, 0) is 51.0 Å². The van der Waals surface area contributed by atoms with Gasteiger partial charge in [0, 0.05) is 24.2 Å².